The van der Waals surface area contributed by atoms with Crippen molar-refractivity contribution < 1.29 is 4.79 Å². The van der Waals surface area contributed by atoms with Crippen LogP contribution in [0.5, 0.6) is 0 Å². The Kier molecular flexibility index (Phi) is 3.06. The molecule has 1 aromatic carbocycles. The molecule has 0 amide bonds. The molecule has 0 aliphatic carbocycles. The van der Waals surface area contributed by atoms with Gasteiger partial charge in [0.1, 0.15) is 11.6 Å². The predicted molar refractivity (Wildman–Crippen MR) is 78.4 cm³/mol. The highest BCUT2D eigenvalue weighted by molar-refractivity contribution is 5.94. The number of nitrogens with one attached hydrogen (secondary N) is 1. The molecule has 20 heavy (non-hydrogen) atoms. The zero-order valence-electron chi connectivity index (χ0n) is 11.5. The molecule has 0 unspecified atom stereocenters. The van der Waals surface area contributed by atoms with Gasteiger partial charge in [-0.25, -0.2) is 9.97 Å². The molecule has 0 aliphatic heterocycles. The van der Waals surface area contributed by atoms with Crippen LogP contribution in [0.1, 0.15) is 18.4 Å². The molecule has 0 saturated heterocycles. The Morgan fingerprint density at radius 2 is 2.05 bits per heavy atom. The van der Waals surface area contributed by atoms with Gasteiger partial charge < -0.3 is 4.98 Å². The molecule has 1 N–H and O–H groups in total. The fraction of sp³-hybridized carbons (Fsp3) is 0.188. The molecular weight excluding hydrogens is 250 g/mol. The van der Waals surface area contributed by atoms with Gasteiger partial charge >= 0.3 is 0 Å². The van der Waals surface area contributed by atoms with E-state index in [1.165, 1.54) is 0 Å². The minimum absolute atomic E-state index is 0.0699. The van der Waals surface area contributed by atoms with Crippen molar-refractivity contribution in [1.29, 1.82) is 0 Å². The van der Waals surface area contributed by atoms with Crippen molar-refractivity contribution in [3.8, 4) is 11.3 Å². The maximum absolute atomic E-state index is 11.2. The summed E-state index contributed by atoms with van der Waals surface area (Å²) in [4.78, 5) is 23.3. The average molecular weight is 265 g/mol. The monoisotopic (exact) mass is 265 g/mol. The van der Waals surface area contributed by atoms with E-state index in [9.17, 15) is 4.79 Å². The van der Waals surface area contributed by atoms with Crippen molar-refractivity contribution in [2.24, 2.45) is 0 Å². The van der Waals surface area contributed by atoms with Crippen LogP contribution in [0, 0.1) is 6.92 Å². The lowest BCUT2D eigenvalue weighted by molar-refractivity contribution is -0.116. The lowest BCUT2D eigenvalue weighted by atomic mass is 10.1. The highest BCUT2D eigenvalue weighted by Gasteiger charge is 2.10. The molecule has 0 radical (unpaired) electrons. The first-order valence-electron chi connectivity index (χ1n) is 6.54. The molecule has 0 atom stereocenters. The van der Waals surface area contributed by atoms with Crippen LogP contribution in [0.15, 0.2) is 36.5 Å². The Hall–Kier alpha value is -2.49. The van der Waals surface area contributed by atoms with Gasteiger partial charge in [0.25, 0.3) is 0 Å². The summed E-state index contributed by atoms with van der Waals surface area (Å²) in [7, 11) is 0. The van der Waals surface area contributed by atoms with Gasteiger partial charge in [0.2, 0.25) is 0 Å². The first-order valence-corrected chi connectivity index (χ1v) is 6.54. The first kappa shape index (κ1) is 12.5. The molecule has 3 aromatic rings. The number of benzene rings is 1. The summed E-state index contributed by atoms with van der Waals surface area (Å²) in [5, 5.41) is 1.12. The smallest absolute Gasteiger partial charge is 0.137 e. The van der Waals surface area contributed by atoms with Crippen molar-refractivity contribution in [3.63, 3.8) is 0 Å². The largest absolute Gasteiger partial charge is 0.360 e. The Morgan fingerprint density at radius 3 is 2.85 bits per heavy atom. The summed E-state index contributed by atoms with van der Waals surface area (Å²) in [5.74, 6) is 0.651. The van der Waals surface area contributed by atoms with Crippen LogP contribution >= 0.6 is 0 Å². The number of aromatic amines is 1. The SMILES string of the molecule is CC(=O)Cc1nc(C)cc(-c2c[nH]c3ccccc23)n1. The summed E-state index contributed by atoms with van der Waals surface area (Å²) in [6.07, 6.45) is 2.22. The van der Waals surface area contributed by atoms with Crippen LogP contribution in [0.2, 0.25) is 0 Å². The van der Waals surface area contributed by atoms with E-state index in [0.29, 0.717) is 5.82 Å². The number of carbonyl (C=O) groups is 1. The molecule has 4 heteroatoms. The first-order chi connectivity index (χ1) is 9.63. The second kappa shape index (κ2) is 4.89. The van der Waals surface area contributed by atoms with E-state index in [4.69, 9.17) is 0 Å². The zero-order valence-corrected chi connectivity index (χ0v) is 11.5. The third-order valence-electron chi connectivity index (χ3n) is 3.17. The second-order valence-corrected chi connectivity index (χ2v) is 4.94. The molecule has 0 spiro atoms. The van der Waals surface area contributed by atoms with Gasteiger partial charge in [-0.1, -0.05) is 18.2 Å². The van der Waals surface area contributed by atoms with E-state index in [0.717, 1.165) is 27.9 Å². The van der Waals surface area contributed by atoms with Gasteiger partial charge in [-0.2, -0.15) is 0 Å². The summed E-state index contributed by atoms with van der Waals surface area (Å²) in [6.45, 7) is 3.47. The van der Waals surface area contributed by atoms with Crippen LogP contribution in [0.3, 0.4) is 0 Å². The summed E-state index contributed by atoms with van der Waals surface area (Å²) >= 11 is 0. The van der Waals surface area contributed by atoms with E-state index in [-0.39, 0.29) is 12.2 Å². The minimum Gasteiger partial charge on any atom is -0.360 e. The Morgan fingerprint density at radius 1 is 1.25 bits per heavy atom. The van der Waals surface area contributed by atoms with Gasteiger partial charge in [0.15, 0.2) is 0 Å². The van der Waals surface area contributed by atoms with Gasteiger partial charge in [0, 0.05) is 28.4 Å². The number of rotatable bonds is 3. The van der Waals surface area contributed by atoms with Gasteiger partial charge in [-0.3, -0.25) is 4.79 Å². The van der Waals surface area contributed by atoms with Crippen LogP contribution < -0.4 is 0 Å². The number of hydrogen-bond donors (Lipinski definition) is 1. The quantitative estimate of drug-likeness (QED) is 0.791. The number of ketones is 1. The fourth-order valence-corrected chi connectivity index (χ4v) is 2.35. The maximum atomic E-state index is 11.2. The number of aryl methyl sites for hydroxylation is 1. The minimum atomic E-state index is 0.0699. The van der Waals surface area contributed by atoms with Crippen LogP contribution in [-0.2, 0) is 11.2 Å². The zero-order chi connectivity index (χ0) is 14.1. The lowest BCUT2D eigenvalue weighted by Gasteiger charge is -2.04. The number of H-pyrrole nitrogens is 1. The highest BCUT2D eigenvalue weighted by Crippen LogP contribution is 2.27. The normalized spacial score (nSPS) is 10.9. The van der Waals surface area contributed by atoms with Gasteiger partial charge in [-0.15, -0.1) is 0 Å². The van der Waals surface area contributed by atoms with E-state index < -0.39 is 0 Å². The summed E-state index contributed by atoms with van der Waals surface area (Å²) in [6, 6.07) is 10.0. The molecular formula is C16H15N3O. The van der Waals surface area contributed by atoms with E-state index in [1.807, 2.05) is 37.4 Å². The van der Waals surface area contributed by atoms with Crippen molar-refractivity contribution >= 4 is 16.7 Å². The number of nitrogens with zero attached hydrogens (tertiary/aromatic N) is 2. The molecule has 3 rings (SSSR count). The average Bonchev–Trinajstić information content (AvgIpc) is 2.80. The topological polar surface area (TPSA) is 58.6 Å². The summed E-state index contributed by atoms with van der Waals surface area (Å²) < 4.78 is 0. The number of Topliss-reactive ketones (excluding diaryl/α,β-unsaturated/α-hetero) is 1. The Balaban J connectivity index is 2.14. The number of hydrogen-bond acceptors (Lipinski definition) is 3. The number of para-hydroxylation sites is 1. The molecule has 0 bridgehead atoms. The maximum Gasteiger partial charge on any atom is 0.137 e. The van der Waals surface area contributed by atoms with Gasteiger partial charge in [0.05, 0.1) is 12.1 Å². The van der Waals surface area contributed by atoms with E-state index in [2.05, 4.69) is 21.0 Å². The van der Waals surface area contributed by atoms with Gasteiger partial charge in [-0.05, 0) is 26.0 Å². The van der Waals surface area contributed by atoms with Crippen molar-refractivity contribution in [3.05, 3.63) is 48.0 Å². The Labute approximate surface area is 116 Å². The van der Waals surface area contributed by atoms with Crippen LogP contribution in [-0.4, -0.2) is 20.7 Å². The van der Waals surface area contributed by atoms with Crippen molar-refractivity contribution in [2.45, 2.75) is 20.3 Å². The second-order valence-electron chi connectivity index (χ2n) is 4.94. The molecule has 4 nitrogen and oxygen atoms in total. The predicted octanol–water partition coefficient (Wildman–Crippen LogP) is 3.06. The fourth-order valence-electron chi connectivity index (χ4n) is 2.35. The lowest BCUT2D eigenvalue weighted by Crippen LogP contribution is -2.04. The molecule has 2 heterocycles. The third-order valence-corrected chi connectivity index (χ3v) is 3.17. The molecule has 0 fully saturated rings. The number of aromatic nitrogens is 3. The molecule has 100 valence electrons. The van der Waals surface area contributed by atoms with E-state index in [1.54, 1.807) is 6.92 Å². The Bertz CT molecular complexity index is 789. The van der Waals surface area contributed by atoms with Crippen molar-refractivity contribution in [1.82, 2.24) is 15.0 Å². The van der Waals surface area contributed by atoms with Crippen LogP contribution in [0.25, 0.3) is 22.2 Å². The summed E-state index contributed by atoms with van der Waals surface area (Å²) in [5.41, 5.74) is 3.84. The molecule has 0 aliphatic rings. The highest BCUT2D eigenvalue weighted by atomic mass is 16.1. The van der Waals surface area contributed by atoms with Crippen molar-refractivity contribution in [2.75, 3.05) is 0 Å². The standard InChI is InChI=1S/C16H15N3O/c1-10-7-15(19-16(18-10)8-11(2)20)13-9-17-14-6-4-3-5-12(13)14/h3-7,9,17H,8H2,1-2H3. The van der Waals surface area contributed by atoms with Crippen LogP contribution in [0.4, 0.5) is 0 Å². The number of fused-ring (bicyclic) bond motifs is 1. The molecule has 2 aromatic heterocycles. The molecule has 0 saturated carbocycles. The van der Waals surface area contributed by atoms with E-state index >= 15 is 0 Å². The third kappa shape index (κ3) is 2.32. The number of carbonyl (C=O) groups excluding carboxylic acids is 1.